The van der Waals surface area contributed by atoms with Crippen LogP contribution < -0.4 is 0 Å². The van der Waals surface area contributed by atoms with Gasteiger partial charge in [-0.15, -0.1) is 11.3 Å². The van der Waals surface area contributed by atoms with Gasteiger partial charge < -0.3 is 5.11 Å². The lowest BCUT2D eigenvalue weighted by Crippen LogP contribution is -2.07. The van der Waals surface area contributed by atoms with Gasteiger partial charge >= 0.3 is 6.18 Å². The maximum absolute atomic E-state index is 12.6. The van der Waals surface area contributed by atoms with Gasteiger partial charge in [-0.2, -0.15) is 13.2 Å². The van der Waals surface area contributed by atoms with Crippen molar-refractivity contribution < 1.29 is 18.3 Å². The second kappa shape index (κ2) is 6.17. The van der Waals surface area contributed by atoms with Crippen LogP contribution in [0.25, 0.3) is 0 Å². The van der Waals surface area contributed by atoms with Crippen LogP contribution in [0.5, 0.6) is 0 Å². The second-order valence-corrected chi connectivity index (χ2v) is 7.95. The van der Waals surface area contributed by atoms with Gasteiger partial charge in [0.25, 0.3) is 0 Å². The molecule has 1 N–H and O–H groups in total. The first-order valence-electron chi connectivity index (χ1n) is 5.56. The molecule has 2 aromatic rings. The Morgan fingerprint density at radius 1 is 1.20 bits per heavy atom. The Labute approximate surface area is 134 Å². The van der Waals surface area contributed by atoms with Crippen LogP contribution in [0, 0.1) is 0 Å². The number of rotatable bonds is 3. The van der Waals surface area contributed by atoms with Crippen LogP contribution in [0.1, 0.15) is 22.8 Å². The summed E-state index contributed by atoms with van der Waals surface area (Å²) in [6.07, 6.45) is -5.09. The second-order valence-electron chi connectivity index (χ2n) is 4.20. The monoisotopic (exact) mass is 428 g/mol. The van der Waals surface area contributed by atoms with E-state index in [1.807, 2.05) is 0 Å². The average Bonchev–Trinajstić information content (AvgIpc) is 2.68. The molecule has 7 heteroatoms. The van der Waals surface area contributed by atoms with Gasteiger partial charge in [-0.05, 0) is 49.6 Å². The third-order valence-corrected chi connectivity index (χ3v) is 5.11. The predicted octanol–water partition coefficient (Wildman–Crippen LogP) is 5.57. The summed E-state index contributed by atoms with van der Waals surface area (Å²) in [4.78, 5) is 0. The highest BCUT2D eigenvalue weighted by Crippen LogP contribution is 2.37. The van der Waals surface area contributed by atoms with Crippen molar-refractivity contribution in [2.45, 2.75) is 18.7 Å². The molecule has 2 rings (SSSR count). The number of benzene rings is 1. The predicted molar refractivity (Wildman–Crippen MR) is 79.8 cm³/mol. The molecule has 1 aromatic heterocycles. The molecule has 0 radical (unpaired) electrons. The Balaban J connectivity index is 2.20. The van der Waals surface area contributed by atoms with Gasteiger partial charge in [0.2, 0.25) is 0 Å². The van der Waals surface area contributed by atoms with Crippen LogP contribution in [0.15, 0.2) is 37.9 Å². The molecule has 1 unspecified atom stereocenters. The molecule has 0 saturated carbocycles. The number of hydrogen-bond acceptors (Lipinski definition) is 2. The van der Waals surface area contributed by atoms with Crippen molar-refractivity contribution in [3.05, 3.63) is 54.6 Å². The minimum atomic E-state index is -4.37. The minimum Gasteiger partial charge on any atom is -0.388 e. The highest BCUT2D eigenvalue weighted by molar-refractivity contribution is 9.12. The molecule has 20 heavy (non-hydrogen) atoms. The molecule has 0 saturated heterocycles. The molecule has 1 nitrogen and oxygen atoms in total. The summed E-state index contributed by atoms with van der Waals surface area (Å²) in [6, 6.07) is 6.77. The Morgan fingerprint density at radius 3 is 2.45 bits per heavy atom. The number of alkyl halides is 3. The summed E-state index contributed by atoms with van der Waals surface area (Å²) in [7, 11) is 0. The highest BCUT2D eigenvalue weighted by atomic mass is 79.9. The number of aliphatic hydroxyl groups is 1. The van der Waals surface area contributed by atoms with E-state index in [-0.39, 0.29) is 6.42 Å². The van der Waals surface area contributed by atoms with Gasteiger partial charge in [0, 0.05) is 12.0 Å². The molecule has 0 amide bonds. The van der Waals surface area contributed by atoms with E-state index in [0.717, 1.165) is 19.7 Å². The normalized spacial score (nSPS) is 13.5. The zero-order chi connectivity index (χ0) is 14.9. The van der Waals surface area contributed by atoms with Gasteiger partial charge in [0.05, 0.1) is 19.2 Å². The first kappa shape index (κ1) is 16.0. The number of aliphatic hydroxyl groups excluding tert-OH is 1. The summed E-state index contributed by atoms with van der Waals surface area (Å²) in [5.41, 5.74) is 0.411. The summed E-state index contributed by atoms with van der Waals surface area (Å²) in [5.74, 6) is 0. The van der Waals surface area contributed by atoms with Crippen LogP contribution in [0.3, 0.4) is 0 Å². The molecule has 1 aromatic carbocycles. The smallest absolute Gasteiger partial charge is 0.388 e. The largest absolute Gasteiger partial charge is 0.416 e. The van der Waals surface area contributed by atoms with Crippen molar-refractivity contribution >= 4 is 43.2 Å². The zero-order valence-electron chi connectivity index (χ0n) is 9.92. The minimum absolute atomic E-state index is 0.131. The van der Waals surface area contributed by atoms with Gasteiger partial charge in [0.15, 0.2) is 0 Å². The van der Waals surface area contributed by atoms with E-state index in [1.54, 1.807) is 12.1 Å². The van der Waals surface area contributed by atoms with Gasteiger partial charge in [-0.25, -0.2) is 0 Å². The van der Waals surface area contributed by atoms with Crippen molar-refractivity contribution in [2.24, 2.45) is 0 Å². The maximum atomic E-state index is 12.6. The van der Waals surface area contributed by atoms with E-state index in [9.17, 15) is 18.3 Å². The van der Waals surface area contributed by atoms with E-state index in [2.05, 4.69) is 31.9 Å². The zero-order valence-corrected chi connectivity index (χ0v) is 13.9. The van der Waals surface area contributed by atoms with Crippen LogP contribution in [-0.4, -0.2) is 5.11 Å². The van der Waals surface area contributed by atoms with E-state index in [1.165, 1.54) is 17.4 Å². The fraction of sp³-hybridized carbons (Fsp3) is 0.231. The molecule has 108 valence electrons. The van der Waals surface area contributed by atoms with Crippen molar-refractivity contribution in [3.8, 4) is 0 Å². The van der Waals surface area contributed by atoms with E-state index in [4.69, 9.17) is 0 Å². The van der Waals surface area contributed by atoms with Gasteiger partial charge in [0.1, 0.15) is 0 Å². The van der Waals surface area contributed by atoms with E-state index < -0.39 is 17.8 Å². The van der Waals surface area contributed by atoms with E-state index in [0.29, 0.717) is 11.1 Å². The maximum Gasteiger partial charge on any atom is 0.416 e. The quantitative estimate of drug-likeness (QED) is 0.676. The van der Waals surface area contributed by atoms with Crippen molar-refractivity contribution in [1.82, 2.24) is 0 Å². The van der Waals surface area contributed by atoms with Crippen molar-refractivity contribution in [1.29, 1.82) is 0 Å². The standard InChI is InChI=1S/C13H9Br2F3OS/c14-11-6-9(12(15)20-11)10(19)5-7-2-1-3-8(4-7)13(16,17)18/h1-4,6,10,19H,5H2. The van der Waals surface area contributed by atoms with E-state index >= 15 is 0 Å². The number of hydrogen-bond donors (Lipinski definition) is 1. The number of halogens is 5. The van der Waals surface area contributed by atoms with Gasteiger partial charge in [-0.1, -0.05) is 18.2 Å². The van der Waals surface area contributed by atoms with Crippen LogP contribution in [0.4, 0.5) is 13.2 Å². The van der Waals surface area contributed by atoms with Crippen LogP contribution >= 0.6 is 43.2 Å². The fourth-order valence-corrected chi connectivity index (χ4v) is 4.74. The summed E-state index contributed by atoms with van der Waals surface area (Å²) >= 11 is 8.04. The lowest BCUT2D eigenvalue weighted by Gasteiger charge is -2.12. The average molecular weight is 430 g/mol. The Hall–Kier alpha value is -0.370. The molecular weight excluding hydrogens is 421 g/mol. The SMILES string of the molecule is OC(Cc1cccc(C(F)(F)F)c1)c1cc(Br)sc1Br. The Morgan fingerprint density at radius 2 is 1.90 bits per heavy atom. The number of thiophene rings is 1. The lowest BCUT2D eigenvalue weighted by molar-refractivity contribution is -0.137. The molecular formula is C13H9Br2F3OS. The molecule has 0 aliphatic heterocycles. The molecule has 0 aliphatic rings. The molecule has 0 spiro atoms. The summed E-state index contributed by atoms with van der Waals surface area (Å²) < 4.78 is 39.5. The Bertz CT molecular complexity index is 610. The molecule has 0 fully saturated rings. The summed E-state index contributed by atoms with van der Waals surface area (Å²) in [6.45, 7) is 0. The molecule has 0 bridgehead atoms. The van der Waals surface area contributed by atoms with Crippen molar-refractivity contribution in [2.75, 3.05) is 0 Å². The third kappa shape index (κ3) is 3.84. The molecule has 1 atom stereocenters. The van der Waals surface area contributed by atoms with Crippen LogP contribution in [0.2, 0.25) is 0 Å². The summed E-state index contributed by atoms with van der Waals surface area (Å²) in [5, 5.41) is 10.1. The third-order valence-electron chi connectivity index (χ3n) is 2.73. The van der Waals surface area contributed by atoms with Crippen LogP contribution in [-0.2, 0) is 12.6 Å². The topological polar surface area (TPSA) is 20.2 Å². The highest BCUT2D eigenvalue weighted by Gasteiger charge is 2.30. The molecule has 0 aliphatic carbocycles. The first-order chi connectivity index (χ1) is 9.27. The van der Waals surface area contributed by atoms with Crippen molar-refractivity contribution in [3.63, 3.8) is 0 Å². The lowest BCUT2D eigenvalue weighted by atomic mass is 10.0. The first-order valence-corrected chi connectivity index (χ1v) is 7.96. The Kier molecular flexibility index (Phi) is 4.94. The van der Waals surface area contributed by atoms with Gasteiger partial charge in [-0.3, -0.25) is 0 Å². The fourth-order valence-electron chi connectivity index (χ4n) is 1.79. The molecule has 1 heterocycles.